The molecule has 324 valence electrons. The van der Waals surface area contributed by atoms with Crippen molar-refractivity contribution in [3.8, 4) is 0 Å². The summed E-state index contributed by atoms with van der Waals surface area (Å²) in [5.41, 5.74) is -4.33. The first-order valence-electron chi connectivity index (χ1n) is 18.7. The summed E-state index contributed by atoms with van der Waals surface area (Å²) in [5.74, 6) is -3.56. The molecule has 0 N–H and O–H groups in total. The van der Waals surface area contributed by atoms with Gasteiger partial charge in [-0.25, -0.2) is 0 Å². The van der Waals surface area contributed by atoms with Gasteiger partial charge in [0.15, 0.2) is 11.6 Å². The van der Waals surface area contributed by atoms with Crippen LogP contribution in [0.15, 0.2) is 146 Å². The van der Waals surface area contributed by atoms with E-state index in [4.69, 9.17) is 0 Å². The highest BCUT2D eigenvalue weighted by molar-refractivity contribution is 5.97. The van der Waals surface area contributed by atoms with Crippen molar-refractivity contribution in [2.45, 2.75) is 50.4 Å². The zero-order valence-electron chi connectivity index (χ0n) is 32.1. The zero-order valence-corrected chi connectivity index (χ0v) is 32.1. The van der Waals surface area contributed by atoms with Gasteiger partial charge in [-0.3, -0.25) is 19.6 Å². The average Bonchev–Trinajstić information content (AvgIpc) is 3.23. The third-order valence-corrected chi connectivity index (χ3v) is 9.73. The molecular formula is C46H34F12N2O2. The summed E-state index contributed by atoms with van der Waals surface area (Å²) < 4.78 is 161. The average molecular weight is 875 g/mol. The molecule has 2 heterocycles. The Labute approximate surface area is 347 Å². The van der Waals surface area contributed by atoms with E-state index in [9.17, 15) is 62.3 Å². The number of hydrogen-bond acceptors (Lipinski definition) is 4. The Kier molecular flexibility index (Phi) is 14.8. The number of carbonyl (C=O) groups excluding carboxylic acids is 2. The number of Topliss-reactive ketones (excluding diaryl/α,β-unsaturated/α-hetero) is 2. The zero-order chi connectivity index (χ0) is 45.3. The topological polar surface area (TPSA) is 59.9 Å². The Morgan fingerprint density at radius 1 is 0.355 bits per heavy atom. The Morgan fingerprint density at radius 2 is 0.581 bits per heavy atom. The number of aromatic nitrogens is 2. The van der Waals surface area contributed by atoms with Crippen LogP contribution in [-0.2, 0) is 50.4 Å². The van der Waals surface area contributed by atoms with Crippen molar-refractivity contribution in [2.24, 2.45) is 11.8 Å². The highest BCUT2D eigenvalue weighted by Gasteiger charge is 2.39. The second-order valence-electron chi connectivity index (χ2n) is 14.0. The molecule has 62 heavy (non-hydrogen) atoms. The number of rotatable bonds is 12. The predicted molar refractivity (Wildman–Crippen MR) is 205 cm³/mol. The molecule has 4 nitrogen and oxygen atoms in total. The first kappa shape index (κ1) is 46.7. The largest absolute Gasteiger partial charge is 0.416 e. The fraction of sp³-hybridized carbons (Fsp3) is 0.217. The predicted octanol–water partition coefficient (Wildman–Crippen LogP) is 12.8. The van der Waals surface area contributed by atoms with Crippen LogP contribution < -0.4 is 0 Å². The van der Waals surface area contributed by atoms with Crippen LogP contribution in [0.3, 0.4) is 0 Å². The van der Waals surface area contributed by atoms with E-state index in [0.717, 1.165) is 24.3 Å². The lowest BCUT2D eigenvalue weighted by molar-refractivity contribution is -0.139. The van der Waals surface area contributed by atoms with Gasteiger partial charge < -0.3 is 0 Å². The molecule has 0 atom stereocenters. The maximum atomic E-state index is 13.4. The molecule has 0 spiro atoms. The molecule has 0 aliphatic carbocycles. The molecule has 16 heteroatoms. The van der Waals surface area contributed by atoms with Crippen molar-refractivity contribution in [1.29, 1.82) is 0 Å². The lowest BCUT2D eigenvalue weighted by atomic mass is 9.85. The third-order valence-electron chi connectivity index (χ3n) is 9.73. The van der Waals surface area contributed by atoms with Gasteiger partial charge in [-0.05, 0) is 96.5 Å². The van der Waals surface area contributed by atoms with E-state index < -0.39 is 70.4 Å². The quantitative estimate of drug-likeness (QED) is 0.0908. The Balaban J connectivity index is 0.000000234. The number of ketones is 2. The molecule has 0 unspecified atom stereocenters. The van der Waals surface area contributed by atoms with E-state index in [2.05, 4.69) is 9.97 Å². The molecule has 2 aromatic heterocycles. The van der Waals surface area contributed by atoms with Crippen molar-refractivity contribution >= 4 is 11.6 Å². The first-order chi connectivity index (χ1) is 29.1. The second-order valence-corrected chi connectivity index (χ2v) is 14.0. The summed E-state index contributed by atoms with van der Waals surface area (Å²) in [6.07, 6.45) is -17.4. The first-order valence-corrected chi connectivity index (χ1v) is 18.7. The van der Waals surface area contributed by atoms with Gasteiger partial charge in [0.05, 0.1) is 22.3 Å². The molecule has 0 bridgehead atoms. The number of halogens is 12. The van der Waals surface area contributed by atoms with Crippen LogP contribution in [0.5, 0.6) is 0 Å². The monoisotopic (exact) mass is 874 g/mol. The SMILES string of the molecule is O=C(c1ccccn1)C(Cc1ccccc1C(F)(F)F)Cc1ccccc1C(F)(F)F.O=C(c1ccccn1)C(Cc1ccccc1C(F)(F)F)Cc1ccccc1C(F)(F)F. The molecule has 6 aromatic rings. The number of benzene rings is 4. The fourth-order valence-corrected chi connectivity index (χ4v) is 6.91. The highest BCUT2D eigenvalue weighted by atomic mass is 19.4. The Hall–Kier alpha value is -6.32. The van der Waals surface area contributed by atoms with Crippen LogP contribution in [0, 0.1) is 11.8 Å². The van der Waals surface area contributed by atoms with Crippen molar-refractivity contribution in [2.75, 3.05) is 0 Å². The van der Waals surface area contributed by atoms with E-state index in [0.29, 0.717) is 0 Å². The standard InChI is InChI=1S/2C23H17F6NO/c2*24-22(25,26)18-9-3-1-7-15(18)13-17(21(31)20-11-5-6-12-30-20)14-16-8-2-4-10-19(16)23(27,28)29/h2*1-12,17H,13-14H2. The van der Waals surface area contributed by atoms with Gasteiger partial charge in [0, 0.05) is 24.2 Å². The molecule has 0 aliphatic rings. The van der Waals surface area contributed by atoms with Crippen LogP contribution in [0.25, 0.3) is 0 Å². The van der Waals surface area contributed by atoms with Gasteiger partial charge in [0.2, 0.25) is 0 Å². The molecule has 0 amide bonds. The van der Waals surface area contributed by atoms with E-state index in [-0.39, 0.29) is 59.3 Å². The lowest BCUT2D eigenvalue weighted by Gasteiger charge is -2.21. The van der Waals surface area contributed by atoms with Crippen LogP contribution in [0.1, 0.15) is 65.5 Å². The molecule has 0 aliphatic heterocycles. The minimum atomic E-state index is -4.65. The maximum Gasteiger partial charge on any atom is 0.416 e. The summed E-state index contributed by atoms with van der Waals surface area (Å²) in [5, 5.41) is 0. The van der Waals surface area contributed by atoms with E-state index >= 15 is 0 Å². The second kappa shape index (κ2) is 19.6. The van der Waals surface area contributed by atoms with Crippen LogP contribution in [0.2, 0.25) is 0 Å². The molecule has 0 fully saturated rings. The molecule has 6 rings (SSSR count). The van der Waals surface area contributed by atoms with Crippen LogP contribution in [-0.4, -0.2) is 21.5 Å². The summed E-state index contributed by atoms with van der Waals surface area (Å²) in [6, 6.07) is 27.9. The van der Waals surface area contributed by atoms with E-state index in [1.807, 2.05) is 0 Å². The number of carbonyl (C=O) groups is 2. The van der Waals surface area contributed by atoms with Gasteiger partial charge in [-0.1, -0.05) is 84.9 Å². The van der Waals surface area contributed by atoms with Gasteiger partial charge in [0.1, 0.15) is 11.4 Å². The normalized spacial score (nSPS) is 12.2. The molecule has 0 saturated carbocycles. The molecule has 0 radical (unpaired) electrons. The van der Waals surface area contributed by atoms with Gasteiger partial charge in [-0.2, -0.15) is 52.7 Å². The third kappa shape index (κ3) is 12.4. The number of nitrogens with zero attached hydrogens (tertiary/aromatic N) is 2. The molecule has 0 saturated heterocycles. The van der Waals surface area contributed by atoms with Crippen molar-refractivity contribution in [3.05, 3.63) is 202 Å². The highest BCUT2D eigenvalue weighted by Crippen LogP contribution is 2.38. The fourth-order valence-electron chi connectivity index (χ4n) is 6.91. The Bertz CT molecular complexity index is 2140. The minimum Gasteiger partial charge on any atom is -0.292 e. The van der Waals surface area contributed by atoms with Crippen molar-refractivity contribution in [3.63, 3.8) is 0 Å². The lowest BCUT2D eigenvalue weighted by Crippen LogP contribution is -2.24. The van der Waals surface area contributed by atoms with Gasteiger partial charge in [-0.15, -0.1) is 0 Å². The van der Waals surface area contributed by atoms with E-state index in [1.165, 1.54) is 109 Å². The van der Waals surface area contributed by atoms with Gasteiger partial charge in [0.25, 0.3) is 0 Å². The van der Waals surface area contributed by atoms with Gasteiger partial charge >= 0.3 is 24.7 Å². The maximum absolute atomic E-state index is 13.4. The summed E-state index contributed by atoms with van der Waals surface area (Å²) in [6.45, 7) is 0. The Morgan fingerprint density at radius 3 is 0.790 bits per heavy atom. The number of alkyl halides is 12. The van der Waals surface area contributed by atoms with Crippen molar-refractivity contribution < 1.29 is 62.3 Å². The molecule has 4 aromatic carbocycles. The summed E-state index contributed by atoms with van der Waals surface area (Å²) in [4.78, 5) is 34.0. The van der Waals surface area contributed by atoms with E-state index in [1.54, 1.807) is 12.1 Å². The number of pyridine rings is 2. The summed E-state index contributed by atoms with van der Waals surface area (Å²) >= 11 is 0. The van der Waals surface area contributed by atoms with Crippen LogP contribution in [0.4, 0.5) is 52.7 Å². The van der Waals surface area contributed by atoms with Crippen molar-refractivity contribution in [1.82, 2.24) is 9.97 Å². The smallest absolute Gasteiger partial charge is 0.292 e. The molecular weight excluding hydrogens is 840 g/mol. The van der Waals surface area contributed by atoms with Crippen LogP contribution >= 0.6 is 0 Å². The summed E-state index contributed by atoms with van der Waals surface area (Å²) in [7, 11) is 0. The number of hydrogen-bond donors (Lipinski definition) is 0. The minimum absolute atomic E-state index is 0.0125.